The van der Waals surface area contributed by atoms with Gasteiger partial charge in [0.25, 0.3) is 10.0 Å². The Morgan fingerprint density at radius 3 is 2.41 bits per heavy atom. The lowest BCUT2D eigenvalue weighted by Crippen LogP contribution is -2.28. The third-order valence-electron chi connectivity index (χ3n) is 5.18. The highest BCUT2D eigenvalue weighted by Crippen LogP contribution is 2.28. The Morgan fingerprint density at radius 1 is 1.09 bits per heavy atom. The molecule has 0 aliphatic carbocycles. The number of nitrogens with one attached hydrogen (secondary N) is 2. The summed E-state index contributed by atoms with van der Waals surface area (Å²) in [6, 6.07) is 14.4. The summed E-state index contributed by atoms with van der Waals surface area (Å²) in [5, 5.41) is 2.75. The third kappa shape index (κ3) is 5.31. The lowest BCUT2D eigenvalue weighted by molar-refractivity contribution is -0.122. The Bertz CT molecular complexity index is 1270. The van der Waals surface area contributed by atoms with E-state index in [2.05, 4.69) is 20.0 Å². The molecule has 3 aromatic rings. The van der Waals surface area contributed by atoms with Crippen molar-refractivity contribution in [3.8, 4) is 5.75 Å². The Balaban J connectivity index is 1.37. The zero-order valence-electron chi connectivity index (χ0n) is 18.3. The lowest BCUT2D eigenvalue weighted by atomic mass is 10.1. The summed E-state index contributed by atoms with van der Waals surface area (Å²) in [7, 11) is -3.87. The number of nitrogens with zero attached hydrogens (tertiary/aromatic N) is 3. The number of hydrogen-bond donors (Lipinski definition) is 2. The molecule has 0 radical (unpaired) electrons. The predicted molar refractivity (Wildman–Crippen MR) is 126 cm³/mol. The molecule has 2 heterocycles. The van der Waals surface area contributed by atoms with Crippen LogP contribution in [-0.4, -0.2) is 43.4 Å². The van der Waals surface area contributed by atoms with Gasteiger partial charge in [-0.1, -0.05) is 0 Å². The van der Waals surface area contributed by atoms with E-state index >= 15 is 0 Å². The predicted octanol–water partition coefficient (Wildman–Crippen LogP) is 2.67. The van der Waals surface area contributed by atoms with Crippen molar-refractivity contribution in [1.29, 1.82) is 0 Å². The van der Waals surface area contributed by atoms with E-state index in [0.29, 0.717) is 23.7 Å². The van der Waals surface area contributed by atoms with Crippen LogP contribution in [0.3, 0.4) is 0 Å². The van der Waals surface area contributed by atoms with Gasteiger partial charge < -0.3 is 15.0 Å². The van der Waals surface area contributed by atoms with E-state index in [9.17, 15) is 18.0 Å². The smallest absolute Gasteiger partial charge is 0.264 e. The molecule has 4 rings (SSSR count). The van der Waals surface area contributed by atoms with Crippen LogP contribution in [0.25, 0.3) is 0 Å². The summed E-state index contributed by atoms with van der Waals surface area (Å²) in [5.41, 5.74) is 1.13. The highest BCUT2D eigenvalue weighted by molar-refractivity contribution is 7.92. The molecule has 1 fully saturated rings. The van der Waals surface area contributed by atoms with Gasteiger partial charge in [0.05, 0.1) is 17.4 Å². The molecule has 2 aromatic carbocycles. The fraction of sp³-hybridized carbons (Fsp3) is 0.217. The van der Waals surface area contributed by atoms with Crippen LogP contribution < -0.4 is 19.7 Å². The molecule has 34 heavy (non-hydrogen) atoms. The molecule has 11 heteroatoms. The number of sulfonamides is 1. The Morgan fingerprint density at radius 2 is 1.76 bits per heavy atom. The molecule has 10 nitrogen and oxygen atoms in total. The average molecular weight is 482 g/mol. The van der Waals surface area contributed by atoms with Crippen LogP contribution in [0.2, 0.25) is 0 Å². The van der Waals surface area contributed by atoms with Crippen molar-refractivity contribution in [2.45, 2.75) is 18.2 Å². The second-order valence-electron chi connectivity index (χ2n) is 7.52. The molecular weight excluding hydrogens is 458 g/mol. The molecule has 1 saturated heterocycles. The van der Waals surface area contributed by atoms with E-state index in [0.717, 1.165) is 0 Å². The number of benzene rings is 2. The van der Waals surface area contributed by atoms with Gasteiger partial charge in [-0.25, -0.2) is 23.1 Å². The zero-order valence-corrected chi connectivity index (χ0v) is 19.2. The fourth-order valence-electron chi connectivity index (χ4n) is 3.51. The minimum absolute atomic E-state index is 0.00401. The molecule has 0 unspecified atom stereocenters. The highest BCUT2D eigenvalue weighted by Gasteiger charge is 2.35. The van der Waals surface area contributed by atoms with Gasteiger partial charge in [0.15, 0.2) is 0 Å². The normalized spacial score (nSPS) is 15.7. The number of carbonyl (C=O) groups is 2. The monoisotopic (exact) mass is 481 g/mol. The first kappa shape index (κ1) is 23.2. The first-order chi connectivity index (χ1) is 16.4. The molecule has 2 N–H and O–H groups in total. The fourth-order valence-corrected chi connectivity index (χ4v) is 4.47. The molecule has 1 atom stereocenters. The maximum atomic E-state index is 12.7. The maximum absolute atomic E-state index is 12.7. The van der Waals surface area contributed by atoms with Gasteiger partial charge >= 0.3 is 0 Å². The Hall–Kier alpha value is -3.99. The van der Waals surface area contributed by atoms with Gasteiger partial charge in [0, 0.05) is 36.7 Å². The SMILES string of the molecule is CCOc1ccc(N2C[C@H](C(=O)Nc3ccc(S(=O)(=O)Nc4ncccn4)cc3)CC2=O)cc1. The van der Waals surface area contributed by atoms with E-state index in [4.69, 9.17) is 4.74 Å². The molecule has 0 bridgehead atoms. The zero-order chi connectivity index (χ0) is 24.1. The minimum Gasteiger partial charge on any atom is -0.494 e. The van der Waals surface area contributed by atoms with Crippen LogP contribution in [0, 0.1) is 5.92 Å². The van der Waals surface area contributed by atoms with Crippen molar-refractivity contribution < 1.29 is 22.7 Å². The standard InChI is InChI=1S/C23H23N5O5S/c1-2-33-19-8-6-18(7-9-19)28-15-16(14-21(28)29)22(30)26-17-4-10-20(11-5-17)34(31,32)27-23-24-12-3-13-25-23/h3-13,16H,2,14-15H2,1H3,(H,26,30)(H,24,25,27)/t16-/m1/s1. The second kappa shape index (κ2) is 9.87. The molecule has 1 aliphatic rings. The van der Waals surface area contributed by atoms with Crippen molar-refractivity contribution in [1.82, 2.24) is 9.97 Å². The maximum Gasteiger partial charge on any atom is 0.264 e. The number of hydrogen-bond acceptors (Lipinski definition) is 7. The van der Waals surface area contributed by atoms with E-state index in [1.165, 1.54) is 36.7 Å². The summed E-state index contributed by atoms with van der Waals surface area (Å²) in [5.74, 6) is -0.306. The van der Waals surface area contributed by atoms with Gasteiger partial charge in [-0.3, -0.25) is 9.59 Å². The summed E-state index contributed by atoms with van der Waals surface area (Å²) in [6.07, 6.45) is 2.94. The van der Waals surface area contributed by atoms with Crippen LogP contribution in [0.5, 0.6) is 5.75 Å². The van der Waals surface area contributed by atoms with Gasteiger partial charge in [0.1, 0.15) is 5.75 Å². The van der Waals surface area contributed by atoms with Gasteiger partial charge in [-0.15, -0.1) is 0 Å². The first-order valence-corrected chi connectivity index (χ1v) is 12.1. The Kier molecular flexibility index (Phi) is 6.73. The van der Waals surface area contributed by atoms with Crippen molar-refractivity contribution >= 4 is 39.2 Å². The molecule has 1 aromatic heterocycles. The molecular formula is C23H23N5O5S. The summed E-state index contributed by atoms with van der Waals surface area (Å²) in [4.78, 5) is 34.5. The molecule has 2 amide bonds. The van der Waals surface area contributed by atoms with Gasteiger partial charge in [0.2, 0.25) is 17.8 Å². The topological polar surface area (TPSA) is 131 Å². The van der Waals surface area contributed by atoms with Crippen molar-refractivity contribution in [2.75, 3.05) is 28.1 Å². The van der Waals surface area contributed by atoms with Gasteiger partial charge in [-0.2, -0.15) is 0 Å². The number of amides is 2. The summed E-state index contributed by atoms with van der Waals surface area (Å²) >= 11 is 0. The van der Waals surface area contributed by atoms with Crippen molar-refractivity contribution in [2.24, 2.45) is 5.92 Å². The largest absolute Gasteiger partial charge is 0.494 e. The van der Waals surface area contributed by atoms with Gasteiger partial charge in [-0.05, 0) is 61.5 Å². The Labute approximate surface area is 197 Å². The minimum atomic E-state index is -3.87. The van der Waals surface area contributed by atoms with E-state index in [-0.39, 0.29) is 35.6 Å². The number of carbonyl (C=O) groups excluding carboxylic acids is 2. The first-order valence-electron chi connectivity index (χ1n) is 10.6. The number of aromatic nitrogens is 2. The summed E-state index contributed by atoms with van der Waals surface area (Å²) in [6.45, 7) is 2.70. The van der Waals surface area contributed by atoms with E-state index in [1.54, 1.807) is 35.2 Å². The highest BCUT2D eigenvalue weighted by atomic mass is 32.2. The van der Waals surface area contributed by atoms with Crippen molar-refractivity contribution in [3.05, 3.63) is 67.0 Å². The number of anilines is 3. The molecule has 176 valence electrons. The van der Waals surface area contributed by atoms with E-state index < -0.39 is 15.9 Å². The molecule has 0 saturated carbocycles. The quantitative estimate of drug-likeness (QED) is 0.506. The van der Waals surface area contributed by atoms with Crippen molar-refractivity contribution in [3.63, 3.8) is 0 Å². The molecule has 1 aliphatic heterocycles. The van der Waals surface area contributed by atoms with Crippen LogP contribution in [-0.2, 0) is 19.6 Å². The lowest BCUT2D eigenvalue weighted by Gasteiger charge is -2.17. The van der Waals surface area contributed by atoms with Crippen LogP contribution in [0.15, 0.2) is 71.9 Å². The third-order valence-corrected chi connectivity index (χ3v) is 6.52. The number of ether oxygens (including phenoxy) is 1. The second-order valence-corrected chi connectivity index (χ2v) is 9.21. The van der Waals surface area contributed by atoms with Crippen LogP contribution in [0.1, 0.15) is 13.3 Å². The molecule has 0 spiro atoms. The van der Waals surface area contributed by atoms with Crippen LogP contribution >= 0.6 is 0 Å². The van der Waals surface area contributed by atoms with Crippen LogP contribution in [0.4, 0.5) is 17.3 Å². The summed E-state index contributed by atoms with van der Waals surface area (Å²) < 4.78 is 32.7. The van der Waals surface area contributed by atoms with E-state index in [1.807, 2.05) is 6.92 Å². The average Bonchev–Trinajstić information content (AvgIpc) is 3.22. The number of rotatable bonds is 8.